The van der Waals surface area contributed by atoms with Crippen LogP contribution in [0.2, 0.25) is 5.02 Å². The van der Waals surface area contributed by atoms with Crippen molar-refractivity contribution in [3.05, 3.63) is 97.5 Å². The first-order chi connectivity index (χ1) is 17.2. The summed E-state index contributed by atoms with van der Waals surface area (Å²) in [6.45, 7) is -0.321. The second-order valence-corrected chi connectivity index (χ2v) is 8.55. The Bertz CT molecular complexity index is 1830. The van der Waals surface area contributed by atoms with E-state index in [1.165, 1.54) is 16.2 Å². The van der Waals surface area contributed by atoms with Crippen LogP contribution >= 0.6 is 11.6 Å². The lowest BCUT2D eigenvalue weighted by atomic mass is 10.1. The molecule has 3 heterocycles. The van der Waals surface area contributed by atoms with Crippen LogP contribution in [0.5, 0.6) is 0 Å². The van der Waals surface area contributed by atoms with Crippen molar-refractivity contribution in [1.29, 1.82) is 0 Å². The molecule has 0 atom stereocenters. The minimum absolute atomic E-state index is 0.0835. The number of fused-ring (bicyclic) bond motifs is 2. The second kappa shape index (κ2) is 8.54. The summed E-state index contributed by atoms with van der Waals surface area (Å²) < 4.78 is 4.58. The van der Waals surface area contributed by atoms with Crippen LogP contribution in [0.15, 0.2) is 69.3 Å². The number of halogens is 1. The Morgan fingerprint density at radius 3 is 2.44 bits per heavy atom. The van der Waals surface area contributed by atoms with Crippen LogP contribution in [0.1, 0.15) is 17.1 Å². The third-order valence-electron chi connectivity index (χ3n) is 6.10. The number of nitrogens with zero attached hydrogens (tertiary/aromatic N) is 6. The lowest BCUT2D eigenvalue weighted by Gasteiger charge is -2.10. The van der Waals surface area contributed by atoms with Gasteiger partial charge in [0.05, 0.1) is 17.8 Å². The van der Waals surface area contributed by atoms with Gasteiger partial charge in [-0.2, -0.15) is 0 Å². The van der Waals surface area contributed by atoms with Crippen molar-refractivity contribution in [1.82, 2.24) is 23.3 Å². The summed E-state index contributed by atoms with van der Waals surface area (Å²) in [6, 6.07) is 15.2. The summed E-state index contributed by atoms with van der Waals surface area (Å²) in [5.41, 5.74) is 0.0253. The van der Waals surface area contributed by atoms with Gasteiger partial charge in [0.25, 0.3) is 5.56 Å². The number of rotatable bonds is 4. The minimum atomic E-state index is -1.28. The van der Waals surface area contributed by atoms with E-state index in [4.69, 9.17) is 11.6 Å². The number of oxime groups is 1. The smallest absolute Gasteiger partial charge is 0.416 e. The predicted octanol–water partition coefficient (Wildman–Crippen LogP) is 2.84. The molecule has 0 unspecified atom stereocenters. The number of carbonyl (C=O) groups is 1. The normalized spacial score (nSPS) is 12.0. The van der Waals surface area contributed by atoms with Gasteiger partial charge in [0.2, 0.25) is 0 Å². The Kier molecular flexibility index (Phi) is 5.48. The Labute approximate surface area is 207 Å². The zero-order valence-corrected chi connectivity index (χ0v) is 19.8. The molecule has 0 bridgehead atoms. The molecule has 12 heteroatoms. The van der Waals surface area contributed by atoms with Crippen LogP contribution in [0.25, 0.3) is 22.1 Å². The van der Waals surface area contributed by atoms with Gasteiger partial charge >= 0.3 is 11.8 Å². The number of benzene rings is 2. The van der Waals surface area contributed by atoms with Gasteiger partial charge in [-0.15, -0.1) is 0 Å². The van der Waals surface area contributed by atoms with Crippen molar-refractivity contribution in [2.45, 2.75) is 6.54 Å². The maximum Gasteiger partial charge on any atom is 0.416 e. The van der Waals surface area contributed by atoms with Crippen molar-refractivity contribution in [3.63, 3.8) is 0 Å². The molecule has 0 aliphatic heterocycles. The summed E-state index contributed by atoms with van der Waals surface area (Å²) in [5, 5.41) is 23.7. The summed E-state index contributed by atoms with van der Waals surface area (Å²) in [5.74, 6) is 0.176. The number of carboxylic acid groups (broad SMARTS) is 1. The molecule has 0 spiro atoms. The molecule has 2 N–H and O–H groups in total. The first-order valence-electron chi connectivity index (χ1n) is 10.7. The van der Waals surface area contributed by atoms with Crippen LogP contribution in [0.3, 0.4) is 0 Å². The van der Waals surface area contributed by atoms with Gasteiger partial charge in [0.15, 0.2) is 22.7 Å². The SMILES string of the molecule is Cn1c(/C(=N/O)c2ccccc2)nc2c1c(=O)n(Cc1cc3c(Cl)cccc3n1C(=O)O)c(=O)n2C. The zero-order chi connectivity index (χ0) is 25.7. The third kappa shape index (κ3) is 3.40. The van der Waals surface area contributed by atoms with Gasteiger partial charge in [-0.3, -0.25) is 13.9 Å². The summed E-state index contributed by atoms with van der Waals surface area (Å²) in [6.07, 6.45) is -1.28. The predicted molar refractivity (Wildman–Crippen MR) is 134 cm³/mol. The molecule has 0 saturated heterocycles. The topological polar surface area (TPSA) is 137 Å². The van der Waals surface area contributed by atoms with Gasteiger partial charge < -0.3 is 14.9 Å². The van der Waals surface area contributed by atoms with E-state index in [9.17, 15) is 24.7 Å². The highest BCUT2D eigenvalue weighted by Crippen LogP contribution is 2.27. The van der Waals surface area contributed by atoms with Crippen LogP contribution < -0.4 is 11.2 Å². The fourth-order valence-electron chi connectivity index (χ4n) is 4.38. The van der Waals surface area contributed by atoms with Crippen molar-refractivity contribution < 1.29 is 15.1 Å². The molecule has 5 aromatic rings. The average Bonchev–Trinajstić information content (AvgIpc) is 3.41. The molecule has 0 aliphatic rings. The maximum absolute atomic E-state index is 13.6. The molecule has 2 aromatic carbocycles. The molecule has 0 amide bonds. The highest BCUT2D eigenvalue weighted by Gasteiger charge is 2.24. The Morgan fingerprint density at radius 2 is 1.78 bits per heavy atom. The van der Waals surface area contributed by atoms with Crippen molar-refractivity contribution in [2.75, 3.05) is 0 Å². The fourth-order valence-corrected chi connectivity index (χ4v) is 4.60. The number of aromatic nitrogens is 5. The van der Waals surface area contributed by atoms with Gasteiger partial charge in [0, 0.05) is 30.1 Å². The Morgan fingerprint density at radius 1 is 1.06 bits per heavy atom. The van der Waals surface area contributed by atoms with Crippen molar-refractivity contribution >= 4 is 45.5 Å². The fraction of sp³-hybridized carbons (Fsp3) is 0.125. The number of hydrogen-bond acceptors (Lipinski definition) is 6. The van der Waals surface area contributed by atoms with E-state index < -0.39 is 17.3 Å². The monoisotopic (exact) mass is 506 g/mol. The number of aryl methyl sites for hydroxylation is 2. The van der Waals surface area contributed by atoms with E-state index in [2.05, 4.69) is 10.1 Å². The molecule has 11 nitrogen and oxygen atoms in total. The largest absolute Gasteiger partial charge is 0.464 e. The minimum Gasteiger partial charge on any atom is -0.464 e. The molecule has 182 valence electrons. The van der Waals surface area contributed by atoms with Crippen LogP contribution in [0, 0.1) is 0 Å². The lowest BCUT2D eigenvalue weighted by Crippen LogP contribution is -2.40. The molecule has 36 heavy (non-hydrogen) atoms. The Hall–Kier alpha value is -4.64. The van der Waals surface area contributed by atoms with E-state index in [0.717, 1.165) is 9.13 Å². The molecule has 0 fully saturated rings. The molecule has 5 rings (SSSR count). The van der Waals surface area contributed by atoms with E-state index in [0.29, 0.717) is 21.5 Å². The molecular weight excluding hydrogens is 488 g/mol. The highest BCUT2D eigenvalue weighted by atomic mass is 35.5. The maximum atomic E-state index is 13.6. The van der Waals surface area contributed by atoms with Crippen LogP contribution in [0.4, 0.5) is 4.79 Å². The van der Waals surface area contributed by atoms with Crippen molar-refractivity contribution in [3.8, 4) is 0 Å². The van der Waals surface area contributed by atoms with Gasteiger partial charge in [0.1, 0.15) is 0 Å². The van der Waals surface area contributed by atoms with E-state index >= 15 is 0 Å². The van der Waals surface area contributed by atoms with Crippen molar-refractivity contribution in [2.24, 2.45) is 19.3 Å². The second-order valence-electron chi connectivity index (χ2n) is 8.14. The highest BCUT2D eigenvalue weighted by molar-refractivity contribution is 6.35. The Balaban J connectivity index is 1.73. The molecule has 0 saturated carbocycles. The van der Waals surface area contributed by atoms with Crippen LogP contribution in [-0.2, 0) is 20.6 Å². The number of hydrogen-bond donors (Lipinski definition) is 2. The molecular formula is C24H19ClN6O5. The first-order valence-corrected chi connectivity index (χ1v) is 11.1. The molecule has 3 aromatic heterocycles. The summed E-state index contributed by atoms with van der Waals surface area (Å²) >= 11 is 6.25. The van der Waals surface area contributed by atoms with E-state index in [1.54, 1.807) is 61.6 Å². The van der Waals surface area contributed by atoms with E-state index in [1.807, 2.05) is 0 Å². The van der Waals surface area contributed by atoms with Gasteiger partial charge in [-0.05, 0) is 18.2 Å². The van der Waals surface area contributed by atoms with Gasteiger partial charge in [-0.1, -0.05) is 53.2 Å². The summed E-state index contributed by atoms with van der Waals surface area (Å²) in [7, 11) is 3.03. The molecule has 0 aliphatic carbocycles. The summed E-state index contributed by atoms with van der Waals surface area (Å²) in [4.78, 5) is 43.2. The molecule has 0 radical (unpaired) electrons. The lowest BCUT2D eigenvalue weighted by molar-refractivity contribution is 0.196. The van der Waals surface area contributed by atoms with Crippen LogP contribution in [-0.4, -0.2) is 45.4 Å². The first kappa shape index (κ1) is 23.1. The van der Waals surface area contributed by atoms with Gasteiger partial charge in [-0.25, -0.2) is 19.1 Å². The third-order valence-corrected chi connectivity index (χ3v) is 6.43. The standard InChI is InChI=1S/C24H19ClN6O5/c1-28-19-21(26-20(28)18(27-36)13-7-4-3-5-8-13)29(2)23(33)30(22(19)32)12-14-11-15-16(25)9-6-10-17(15)31(14)24(34)35/h3-11,36H,12H2,1-2H3,(H,34,35)/b27-18+. The quantitative estimate of drug-likeness (QED) is 0.218. The van der Waals surface area contributed by atoms with E-state index in [-0.39, 0.29) is 34.9 Å². The zero-order valence-electron chi connectivity index (χ0n) is 19.1. The average molecular weight is 507 g/mol. The number of imidazole rings is 1.